The highest BCUT2D eigenvalue weighted by Crippen LogP contribution is 2.31. The number of nitrogens with one attached hydrogen (secondary N) is 1. The molecule has 0 unspecified atom stereocenters. The first kappa shape index (κ1) is 16.7. The standard InChI is InChI=1S/C10H11Cl2N3O4S/c1-5(2-10(13)16)14-15-8-3-7(12)9(4-6(8)11)20(17,18)19/h3-4,15H,2H2,1H3,(H2,13,16)(H,17,18,19)/b14-5-. The number of carbonyl (C=O) groups excluding carboxylic acids is 1. The summed E-state index contributed by atoms with van der Waals surface area (Å²) in [5.41, 5.74) is 8.14. The smallest absolute Gasteiger partial charge is 0.296 e. The number of carbonyl (C=O) groups is 1. The number of amides is 1. The minimum Gasteiger partial charge on any atom is -0.369 e. The molecule has 20 heavy (non-hydrogen) atoms. The number of anilines is 1. The van der Waals surface area contributed by atoms with Gasteiger partial charge in [0.15, 0.2) is 0 Å². The van der Waals surface area contributed by atoms with Gasteiger partial charge in [0, 0.05) is 5.71 Å². The van der Waals surface area contributed by atoms with E-state index in [9.17, 15) is 13.2 Å². The lowest BCUT2D eigenvalue weighted by atomic mass is 10.3. The molecule has 4 N–H and O–H groups in total. The molecule has 0 heterocycles. The molecule has 1 aromatic rings. The highest BCUT2D eigenvalue weighted by molar-refractivity contribution is 7.86. The predicted octanol–water partition coefficient (Wildman–Crippen LogP) is 1.90. The van der Waals surface area contributed by atoms with Crippen molar-refractivity contribution in [2.75, 3.05) is 5.43 Å². The van der Waals surface area contributed by atoms with Gasteiger partial charge in [-0.05, 0) is 19.1 Å². The third-order valence-electron chi connectivity index (χ3n) is 2.10. The summed E-state index contributed by atoms with van der Waals surface area (Å²) in [5, 5.41) is 3.60. The number of halogens is 2. The fraction of sp³-hybridized carbons (Fsp3) is 0.200. The quantitative estimate of drug-likeness (QED) is 0.429. The second kappa shape index (κ2) is 6.40. The molecule has 110 valence electrons. The summed E-state index contributed by atoms with van der Waals surface area (Å²) in [6, 6.07) is 2.18. The molecular weight excluding hydrogens is 329 g/mol. The van der Waals surface area contributed by atoms with Gasteiger partial charge in [-0.1, -0.05) is 23.2 Å². The lowest BCUT2D eigenvalue weighted by molar-refractivity contribution is -0.116. The second-order valence-electron chi connectivity index (χ2n) is 3.84. The molecule has 0 bridgehead atoms. The van der Waals surface area contributed by atoms with Gasteiger partial charge in [-0.2, -0.15) is 13.5 Å². The molecule has 0 aromatic heterocycles. The molecule has 0 fully saturated rings. The Hall–Kier alpha value is -1.35. The van der Waals surface area contributed by atoms with E-state index in [-0.39, 0.29) is 22.2 Å². The number of primary amides is 1. The zero-order valence-electron chi connectivity index (χ0n) is 10.2. The Bertz CT molecular complexity index is 673. The Morgan fingerprint density at radius 3 is 2.50 bits per heavy atom. The lowest BCUT2D eigenvalue weighted by Gasteiger charge is -2.08. The number of benzene rings is 1. The van der Waals surface area contributed by atoms with Crippen LogP contribution in [0.1, 0.15) is 13.3 Å². The van der Waals surface area contributed by atoms with E-state index in [1.54, 1.807) is 6.92 Å². The van der Waals surface area contributed by atoms with Crippen molar-refractivity contribution in [2.45, 2.75) is 18.2 Å². The minimum absolute atomic E-state index is 0.0161. The zero-order chi connectivity index (χ0) is 15.5. The summed E-state index contributed by atoms with van der Waals surface area (Å²) >= 11 is 11.6. The van der Waals surface area contributed by atoms with Crippen LogP contribution in [0.3, 0.4) is 0 Å². The Morgan fingerprint density at radius 1 is 1.40 bits per heavy atom. The second-order valence-corrected chi connectivity index (χ2v) is 6.04. The van der Waals surface area contributed by atoms with Crippen molar-refractivity contribution in [1.82, 2.24) is 0 Å². The number of rotatable bonds is 5. The van der Waals surface area contributed by atoms with Gasteiger partial charge in [0.2, 0.25) is 5.91 Å². The maximum absolute atomic E-state index is 11.0. The van der Waals surface area contributed by atoms with Crippen molar-refractivity contribution in [2.24, 2.45) is 10.8 Å². The van der Waals surface area contributed by atoms with Crippen LogP contribution in [0.25, 0.3) is 0 Å². The summed E-state index contributed by atoms with van der Waals surface area (Å²) in [6.07, 6.45) is -0.0402. The SMILES string of the molecule is C/C(CC(N)=O)=N/Nc1cc(Cl)c(S(=O)(=O)O)cc1Cl. The van der Waals surface area contributed by atoms with Crippen molar-refractivity contribution in [1.29, 1.82) is 0 Å². The van der Waals surface area contributed by atoms with E-state index >= 15 is 0 Å². The molecule has 0 radical (unpaired) electrons. The van der Waals surface area contributed by atoms with Crippen LogP contribution >= 0.6 is 23.2 Å². The normalized spacial score (nSPS) is 12.3. The summed E-state index contributed by atoms with van der Waals surface area (Å²) in [4.78, 5) is 10.2. The fourth-order valence-electron chi connectivity index (χ4n) is 1.26. The molecule has 0 spiro atoms. The van der Waals surface area contributed by atoms with E-state index in [0.29, 0.717) is 5.71 Å². The van der Waals surface area contributed by atoms with Gasteiger partial charge in [0.25, 0.3) is 10.1 Å². The number of hydrogen-bond acceptors (Lipinski definition) is 5. The maximum Gasteiger partial charge on any atom is 0.296 e. The van der Waals surface area contributed by atoms with Gasteiger partial charge < -0.3 is 5.73 Å². The molecule has 0 aliphatic heterocycles. The average Bonchev–Trinajstić information content (AvgIpc) is 2.27. The van der Waals surface area contributed by atoms with Gasteiger partial charge >= 0.3 is 0 Å². The Balaban J connectivity index is 3.05. The first-order chi connectivity index (χ1) is 9.11. The van der Waals surface area contributed by atoms with Crippen LogP contribution in [0, 0.1) is 0 Å². The number of hydrogen-bond donors (Lipinski definition) is 3. The van der Waals surface area contributed by atoms with E-state index in [1.165, 1.54) is 6.07 Å². The molecule has 0 aliphatic carbocycles. The number of hydrazone groups is 1. The third kappa shape index (κ3) is 4.64. The fourth-order valence-corrected chi connectivity index (χ4v) is 2.56. The van der Waals surface area contributed by atoms with Crippen molar-refractivity contribution in [3.8, 4) is 0 Å². The van der Waals surface area contributed by atoms with Gasteiger partial charge in [0.1, 0.15) is 4.90 Å². The third-order valence-corrected chi connectivity index (χ3v) is 3.73. The van der Waals surface area contributed by atoms with E-state index in [4.69, 9.17) is 33.5 Å². The largest absolute Gasteiger partial charge is 0.369 e. The van der Waals surface area contributed by atoms with Crippen molar-refractivity contribution < 1.29 is 17.8 Å². The Labute approximate surface area is 125 Å². The molecule has 1 aromatic carbocycles. The van der Waals surface area contributed by atoms with Crippen LogP contribution in [0.5, 0.6) is 0 Å². The van der Waals surface area contributed by atoms with E-state index < -0.39 is 20.9 Å². The van der Waals surface area contributed by atoms with Gasteiger partial charge in [-0.25, -0.2) is 0 Å². The molecular formula is C10H11Cl2N3O4S. The monoisotopic (exact) mass is 339 g/mol. The first-order valence-electron chi connectivity index (χ1n) is 5.15. The lowest BCUT2D eigenvalue weighted by Crippen LogP contribution is -2.15. The van der Waals surface area contributed by atoms with E-state index in [0.717, 1.165) is 6.07 Å². The summed E-state index contributed by atoms with van der Waals surface area (Å²) in [6.45, 7) is 1.57. The van der Waals surface area contributed by atoms with Crippen molar-refractivity contribution >= 4 is 50.6 Å². The van der Waals surface area contributed by atoms with Crippen LogP contribution in [0.2, 0.25) is 10.0 Å². The predicted molar refractivity (Wildman–Crippen MR) is 76.8 cm³/mol. The molecule has 0 saturated heterocycles. The molecule has 1 amide bonds. The first-order valence-corrected chi connectivity index (χ1v) is 7.35. The van der Waals surface area contributed by atoms with Crippen LogP contribution in [0.15, 0.2) is 22.1 Å². The van der Waals surface area contributed by atoms with E-state index in [2.05, 4.69) is 10.5 Å². The van der Waals surface area contributed by atoms with Crippen LogP contribution in [-0.4, -0.2) is 24.6 Å². The minimum atomic E-state index is -4.46. The summed E-state index contributed by atoms with van der Waals surface area (Å²) in [5.74, 6) is -0.543. The van der Waals surface area contributed by atoms with Gasteiger partial charge in [0.05, 0.1) is 22.2 Å². The van der Waals surface area contributed by atoms with Gasteiger partial charge in [-0.3, -0.25) is 14.8 Å². The van der Waals surface area contributed by atoms with Crippen LogP contribution < -0.4 is 11.2 Å². The zero-order valence-corrected chi connectivity index (χ0v) is 12.6. The topological polar surface area (TPSA) is 122 Å². The Morgan fingerprint density at radius 2 is 2.00 bits per heavy atom. The molecule has 1 rings (SSSR count). The number of nitrogens with two attached hydrogens (primary N) is 1. The number of nitrogens with zero attached hydrogens (tertiary/aromatic N) is 1. The molecule has 0 aliphatic rings. The van der Waals surface area contributed by atoms with Crippen LogP contribution in [0.4, 0.5) is 5.69 Å². The average molecular weight is 340 g/mol. The van der Waals surface area contributed by atoms with Crippen molar-refractivity contribution in [3.05, 3.63) is 22.2 Å². The maximum atomic E-state index is 11.0. The highest BCUT2D eigenvalue weighted by Gasteiger charge is 2.17. The summed E-state index contributed by atoms with van der Waals surface area (Å²) in [7, 11) is -4.46. The molecule has 0 saturated carbocycles. The highest BCUT2D eigenvalue weighted by atomic mass is 35.5. The van der Waals surface area contributed by atoms with E-state index in [1.807, 2.05) is 0 Å². The molecule has 0 atom stereocenters. The van der Waals surface area contributed by atoms with Crippen molar-refractivity contribution in [3.63, 3.8) is 0 Å². The molecule has 10 heteroatoms. The Kier molecular flexibility index (Phi) is 5.35. The van der Waals surface area contributed by atoms with Gasteiger partial charge in [-0.15, -0.1) is 0 Å². The molecule has 7 nitrogen and oxygen atoms in total. The summed E-state index contributed by atoms with van der Waals surface area (Å²) < 4.78 is 31.0. The van der Waals surface area contributed by atoms with Crippen LogP contribution in [-0.2, 0) is 14.9 Å².